The molecular formula is C23H22ClN3O4S. The monoisotopic (exact) mass is 471 g/mol. The molecule has 3 aromatic rings. The molecule has 0 aliphatic rings. The van der Waals surface area contributed by atoms with Gasteiger partial charge in [0.25, 0.3) is 5.91 Å². The molecule has 0 bridgehead atoms. The summed E-state index contributed by atoms with van der Waals surface area (Å²) in [7, 11) is 0.666. The molecule has 32 heavy (non-hydrogen) atoms. The molecule has 166 valence electrons. The Bertz CT molecular complexity index is 1240. The minimum atomic E-state index is -3.64. The summed E-state index contributed by atoms with van der Waals surface area (Å²) in [5.74, 6) is -0.714. The van der Waals surface area contributed by atoms with E-state index in [4.69, 9.17) is 11.6 Å². The van der Waals surface area contributed by atoms with Crippen LogP contribution >= 0.6 is 11.6 Å². The number of ketones is 1. The van der Waals surface area contributed by atoms with Crippen LogP contribution in [0.1, 0.15) is 26.3 Å². The van der Waals surface area contributed by atoms with Crippen molar-refractivity contribution in [2.24, 2.45) is 0 Å². The van der Waals surface area contributed by atoms with Gasteiger partial charge in [0.05, 0.1) is 11.4 Å². The van der Waals surface area contributed by atoms with Crippen molar-refractivity contribution < 1.29 is 18.0 Å². The van der Waals surface area contributed by atoms with Crippen LogP contribution in [-0.2, 0) is 10.2 Å². The van der Waals surface area contributed by atoms with Gasteiger partial charge < -0.3 is 5.32 Å². The first-order valence-corrected chi connectivity index (χ1v) is 11.4. The molecule has 0 radical (unpaired) electrons. The summed E-state index contributed by atoms with van der Waals surface area (Å²) in [6.07, 6.45) is 0. The first-order valence-electron chi connectivity index (χ1n) is 9.58. The molecule has 1 amide bonds. The van der Waals surface area contributed by atoms with Crippen LogP contribution in [0.5, 0.6) is 0 Å². The Morgan fingerprint density at radius 3 is 2.06 bits per heavy atom. The molecule has 0 saturated heterocycles. The van der Waals surface area contributed by atoms with E-state index in [0.717, 1.165) is 8.61 Å². The van der Waals surface area contributed by atoms with Gasteiger partial charge >= 0.3 is 10.2 Å². The average molecular weight is 472 g/mol. The molecular weight excluding hydrogens is 450 g/mol. The fourth-order valence-electron chi connectivity index (χ4n) is 2.95. The highest BCUT2D eigenvalue weighted by Gasteiger charge is 2.21. The molecule has 1 N–H and O–H groups in total. The van der Waals surface area contributed by atoms with E-state index in [0.29, 0.717) is 27.5 Å². The van der Waals surface area contributed by atoms with Gasteiger partial charge in [0.2, 0.25) is 0 Å². The van der Waals surface area contributed by atoms with Crippen molar-refractivity contribution in [2.75, 3.05) is 30.8 Å². The van der Waals surface area contributed by atoms with E-state index < -0.39 is 16.1 Å². The molecule has 0 saturated carbocycles. The summed E-state index contributed by atoms with van der Waals surface area (Å²) in [6, 6.07) is 19.5. The number of hydrogen-bond acceptors (Lipinski definition) is 4. The van der Waals surface area contributed by atoms with Crippen LogP contribution < -0.4 is 9.62 Å². The van der Waals surface area contributed by atoms with Crippen molar-refractivity contribution in [2.45, 2.75) is 0 Å². The van der Waals surface area contributed by atoms with Gasteiger partial charge in [-0.15, -0.1) is 0 Å². The lowest BCUT2D eigenvalue weighted by Gasteiger charge is -2.23. The number of carbonyl (C=O) groups excluding carboxylic acids is 2. The number of nitrogens with zero attached hydrogens (tertiary/aromatic N) is 2. The molecule has 0 heterocycles. The number of nitrogens with one attached hydrogen (secondary N) is 1. The van der Waals surface area contributed by atoms with Gasteiger partial charge in [-0.05, 0) is 42.5 Å². The van der Waals surface area contributed by atoms with Crippen LogP contribution in [0, 0.1) is 0 Å². The fraction of sp³-hybridized carbons (Fsp3) is 0.130. The van der Waals surface area contributed by atoms with Gasteiger partial charge in [-0.2, -0.15) is 12.7 Å². The third kappa shape index (κ3) is 4.99. The third-order valence-corrected chi connectivity index (χ3v) is 6.87. The fourth-order valence-corrected chi connectivity index (χ4v) is 4.00. The third-order valence-electron chi connectivity index (χ3n) is 4.81. The number of amides is 1. The Labute approximate surface area is 192 Å². The number of rotatable bonds is 7. The highest BCUT2D eigenvalue weighted by molar-refractivity contribution is 7.90. The van der Waals surface area contributed by atoms with Crippen molar-refractivity contribution in [1.29, 1.82) is 0 Å². The first kappa shape index (κ1) is 23.5. The summed E-state index contributed by atoms with van der Waals surface area (Å²) in [6.45, 7) is 0. The molecule has 0 atom stereocenters. The second-order valence-corrected chi connectivity index (χ2v) is 9.75. The summed E-state index contributed by atoms with van der Waals surface area (Å²) in [5, 5.41) is 3.12. The lowest BCUT2D eigenvalue weighted by Crippen LogP contribution is -2.37. The van der Waals surface area contributed by atoms with Gasteiger partial charge in [-0.25, -0.2) is 0 Å². The van der Waals surface area contributed by atoms with Crippen LogP contribution in [0.2, 0.25) is 5.02 Å². The Kier molecular flexibility index (Phi) is 6.98. The van der Waals surface area contributed by atoms with E-state index in [-0.39, 0.29) is 11.3 Å². The van der Waals surface area contributed by atoms with Gasteiger partial charge in [0.15, 0.2) is 5.78 Å². The molecule has 3 aromatic carbocycles. The lowest BCUT2D eigenvalue weighted by atomic mass is 10.0. The van der Waals surface area contributed by atoms with E-state index in [1.807, 2.05) is 6.07 Å². The highest BCUT2D eigenvalue weighted by Crippen LogP contribution is 2.25. The molecule has 9 heteroatoms. The number of anilines is 2. The van der Waals surface area contributed by atoms with Crippen molar-refractivity contribution in [3.05, 3.63) is 94.5 Å². The molecule has 0 aromatic heterocycles. The van der Waals surface area contributed by atoms with Crippen LogP contribution in [-0.4, -0.2) is 45.6 Å². The number of hydrogen-bond donors (Lipinski definition) is 1. The number of carbonyl (C=O) groups is 2. The maximum Gasteiger partial charge on any atom is 0.303 e. The normalized spacial score (nSPS) is 11.3. The van der Waals surface area contributed by atoms with E-state index in [2.05, 4.69) is 5.32 Å². The zero-order chi connectivity index (χ0) is 23.5. The van der Waals surface area contributed by atoms with Gasteiger partial charge in [0, 0.05) is 42.9 Å². The predicted octanol–water partition coefficient (Wildman–Crippen LogP) is 4.07. The number of halogens is 1. The molecule has 0 fully saturated rings. The minimum Gasteiger partial charge on any atom is -0.321 e. The summed E-state index contributed by atoms with van der Waals surface area (Å²) in [4.78, 5) is 25.7. The lowest BCUT2D eigenvalue weighted by molar-refractivity contribution is 0.102. The molecule has 0 spiro atoms. The Morgan fingerprint density at radius 1 is 0.844 bits per heavy atom. The second-order valence-electron chi connectivity index (χ2n) is 7.14. The van der Waals surface area contributed by atoms with Gasteiger partial charge in [-0.1, -0.05) is 41.9 Å². The van der Waals surface area contributed by atoms with Crippen molar-refractivity contribution >= 4 is 44.9 Å². The standard InChI is InChI=1S/C23H22ClN3O4S/c1-26(2)32(30,31)27(3)19-12-9-17(10-13-19)23(29)25-21-14-11-18(24)15-20(21)22(28)16-7-5-4-6-8-16/h4-15H,1-3H3,(H,25,29). The van der Waals surface area contributed by atoms with Crippen molar-refractivity contribution in [3.63, 3.8) is 0 Å². The maximum atomic E-state index is 12.9. The topological polar surface area (TPSA) is 86.8 Å². The van der Waals surface area contributed by atoms with Crippen molar-refractivity contribution in [1.82, 2.24) is 4.31 Å². The van der Waals surface area contributed by atoms with E-state index in [1.165, 1.54) is 51.5 Å². The largest absolute Gasteiger partial charge is 0.321 e. The minimum absolute atomic E-state index is 0.269. The molecule has 7 nitrogen and oxygen atoms in total. The quantitative estimate of drug-likeness (QED) is 0.526. The smallest absolute Gasteiger partial charge is 0.303 e. The molecule has 3 rings (SSSR count). The van der Waals surface area contributed by atoms with E-state index >= 15 is 0 Å². The Balaban J connectivity index is 1.84. The van der Waals surface area contributed by atoms with Crippen LogP contribution in [0.15, 0.2) is 72.8 Å². The van der Waals surface area contributed by atoms with Gasteiger partial charge in [-0.3, -0.25) is 13.9 Å². The van der Waals surface area contributed by atoms with Crippen LogP contribution in [0.3, 0.4) is 0 Å². The van der Waals surface area contributed by atoms with Crippen molar-refractivity contribution in [3.8, 4) is 0 Å². The number of benzene rings is 3. The zero-order valence-electron chi connectivity index (χ0n) is 17.7. The van der Waals surface area contributed by atoms with E-state index in [1.54, 1.807) is 36.4 Å². The Hall–Kier alpha value is -3.20. The Morgan fingerprint density at radius 2 is 1.47 bits per heavy atom. The first-order chi connectivity index (χ1) is 15.1. The van der Waals surface area contributed by atoms with E-state index in [9.17, 15) is 18.0 Å². The average Bonchev–Trinajstić information content (AvgIpc) is 2.79. The predicted molar refractivity (Wildman–Crippen MR) is 127 cm³/mol. The molecule has 0 aliphatic heterocycles. The SMILES string of the molecule is CN(C)S(=O)(=O)N(C)c1ccc(C(=O)Nc2ccc(Cl)cc2C(=O)c2ccccc2)cc1. The molecule has 0 aliphatic carbocycles. The maximum absolute atomic E-state index is 12.9. The summed E-state index contributed by atoms with van der Waals surface area (Å²) >= 11 is 6.09. The summed E-state index contributed by atoms with van der Waals surface area (Å²) < 4.78 is 26.7. The van der Waals surface area contributed by atoms with Gasteiger partial charge in [0.1, 0.15) is 0 Å². The molecule has 0 unspecified atom stereocenters. The van der Waals surface area contributed by atoms with Crippen LogP contribution in [0.4, 0.5) is 11.4 Å². The summed E-state index contributed by atoms with van der Waals surface area (Å²) in [5.41, 5.74) is 1.77. The second kappa shape index (κ2) is 9.52. The zero-order valence-corrected chi connectivity index (χ0v) is 19.3. The van der Waals surface area contributed by atoms with Crippen LogP contribution in [0.25, 0.3) is 0 Å². The highest BCUT2D eigenvalue weighted by atomic mass is 35.5.